The van der Waals surface area contributed by atoms with Gasteiger partial charge < -0.3 is 4.42 Å². The Morgan fingerprint density at radius 1 is 1.25 bits per heavy atom. The second-order valence-electron chi connectivity index (χ2n) is 3.45. The van der Waals surface area contributed by atoms with Gasteiger partial charge in [0.25, 0.3) is 0 Å². The van der Waals surface area contributed by atoms with Crippen LogP contribution in [0.2, 0.25) is 0 Å². The van der Waals surface area contributed by atoms with Crippen LogP contribution in [0.1, 0.15) is 16.1 Å². The summed E-state index contributed by atoms with van der Waals surface area (Å²) in [6.07, 6.45) is 1.52. The summed E-state index contributed by atoms with van der Waals surface area (Å²) in [5.74, 6) is 0.873. The van der Waals surface area contributed by atoms with Gasteiger partial charge in [0.1, 0.15) is 0 Å². The van der Waals surface area contributed by atoms with Crippen molar-refractivity contribution in [3.63, 3.8) is 0 Å². The second kappa shape index (κ2) is 5.03. The summed E-state index contributed by atoms with van der Waals surface area (Å²) in [5, 5.41) is 0. The SMILES string of the molecule is Cc1ccccc1SCC(=O)c1ccco1. The third kappa shape index (κ3) is 2.55. The zero-order valence-electron chi connectivity index (χ0n) is 8.97. The number of hydrogen-bond acceptors (Lipinski definition) is 3. The molecule has 16 heavy (non-hydrogen) atoms. The molecule has 2 rings (SSSR count). The smallest absolute Gasteiger partial charge is 0.208 e. The first kappa shape index (κ1) is 11.0. The molecule has 0 aliphatic heterocycles. The van der Waals surface area contributed by atoms with E-state index in [0.717, 1.165) is 4.90 Å². The van der Waals surface area contributed by atoms with Gasteiger partial charge in [0.2, 0.25) is 5.78 Å². The van der Waals surface area contributed by atoms with Crippen molar-refractivity contribution in [2.45, 2.75) is 11.8 Å². The molecule has 0 radical (unpaired) electrons. The minimum Gasteiger partial charge on any atom is -0.461 e. The van der Waals surface area contributed by atoms with Gasteiger partial charge in [0, 0.05) is 4.90 Å². The number of aryl methyl sites for hydroxylation is 1. The number of benzene rings is 1. The van der Waals surface area contributed by atoms with Gasteiger partial charge in [-0.1, -0.05) is 18.2 Å². The van der Waals surface area contributed by atoms with Gasteiger partial charge in [-0.3, -0.25) is 4.79 Å². The van der Waals surface area contributed by atoms with Crippen molar-refractivity contribution < 1.29 is 9.21 Å². The molecule has 2 nitrogen and oxygen atoms in total. The third-order valence-corrected chi connectivity index (χ3v) is 3.42. The van der Waals surface area contributed by atoms with Crippen LogP contribution in [0, 0.1) is 6.92 Å². The predicted molar refractivity (Wildman–Crippen MR) is 64.9 cm³/mol. The normalized spacial score (nSPS) is 10.3. The summed E-state index contributed by atoms with van der Waals surface area (Å²) in [6.45, 7) is 2.04. The van der Waals surface area contributed by atoms with Gasteiger partial charge in [-0.05, 0) is 30.7 Å². The molecule has 0 aliphatic rings. The van der Waals surface area contributed by atoms with E-state index < -0.39 is 0 Å². The molecule has 82 valence electrons. The Hall–Kier alpha value is -1.48. The molecule has 0 N–H and O–H groups in total. The Bertz CT molecular complexity index is 474. The summed E-state index contributed by atoms with van der Waals surface area (Å²) >= 11 is 1.54. The van der Waals surface area contributed by atoms with Crippen molar-refractivity contribution in [3.8, 4) is 0 Å². The van der Waals surface area contributed by atoms with E-state index in [-0.39, 0.29) is 5.78 Å². The van der Waals surface area contributed by atoms with Crippen molar-refractivity contribution in [2.24, 2.45) is 0 Å². The van der Waals surface area contributed by atoms with Crippen LogP contribution in [-0.2, 0) is 0 Å². The van der Waals surface area contributed by atoms with Crippen molar-refractivity contribution in [1.82, 2.24) is 0 Å². The maximum atomic E-state index is 11.7. The summed E-state index contributed by atoms with van der Waals surface area (Å²) in [6, 6.07) is 11.5. The van der Waals surface area contributed by atoms with Gasteiger partial charge in [0.05, 0.1) is 12.0 Å². The summed E-state index contributed by atoms with van der Waals surface area (Å²) in [5.41, 5.74) is 1.19. The lowest BCUT2D eigenvalue weighted by Gasteiger charge is -2.03. The van der Waals surface area contributed by atoms with E-state index in [1.165, 1.54) is 11.8 Å². The molecule has 0 fully saturated rings. The van der Waals surface area contributed by atoms with E-state index in [9.17, 15) is 4.79 Å². The van der Waals surface area contributed by atoms with E-state index in [1.807, 2.05) is 31.2 Å². The number of carbonyl (C=O) groups excluding carboxylic acids is 1. The van der Waals surface area contributed by atoms with E-state index in [0.29, 0.717) is 11.5 Å². The van der Waals surface area contributed by atoms with Crippen LogP contribution in [0.15, 0.2) is 52.0 Å². The first-order valence-electron chi connectivity index (χ1n) is 5.02. The number of hydrogen-bond donors (Lipinski definition) is 0. The number of carbonyl (C=O) groups is 1. The van der Waals surface area contributed by atoms with Crippen LogP contribution in [0.5, 0.6) is 0 Å². The number of ketones is 1. The lowest BCUT2D eigenvalue weighted by Crippen LogP contribution is -2.00. The average molecular weight is 232 g/mol. The molecule has 3 heteroatoms. The standard InChI is InChI=1S/C13H12O2S/c1-10-5-2-3-7-13(10)16-9-11(14)12-6-4-8-15-12/h2-8H,9H2,1H3. The van der Waals surface area contributed by atoms with E-state index >= 15 is 0 Å². The molecule has 0 saturated heterocycles. The number of Topliss-reactive ketones (excluding diaryl/α,β-unsaturated/α-hetero) is 1. The van der Waals surface area contributed by atoms with Crippen LogP contribution >= 0.6 is 11.8 Å². The van der Waals surface area contributed by atoms with Gasteiger partial charge >= 0.3 is 0 Å². The number of rotatable bonds is 4. The second-order valence-corrected chi connectivity index (χ2v) is 4.47. The van der Waals surface area contributed by atoms with Crippen LogP contribution in [0.25, 0.3) is 0 Å². The first-order chi connectivity index (χ1) is 7.77. The molecular formula is C13H12O2S. The average Bonchev–Trinajstić information content (AvgIpc) is 2.81. The van der Waals surface area contributed by atoms with Crippen LogP contribution < -0.4 is 0 Å². The van der Waals surface area contributed by atoms with Crippen molar-refractivity contribution in [3.05, 3.63) is 54.0 Å². The number of thioether (sulfide) groups is 1. The highest BCUT2D eigenvalue weighted by Gasteiger charge is 2.09. The molecule has 2 aromatic rings. The largest absolute Gasteiger partial charge is 0.461 e. The van der Waals surface area contributed by atoms with E-state index in [2.05, 4.69) is 0 Å². The predicted octanol–water partition coefficient (Wildman–Crippen LogP) is 3.56. The molecule has 1 heterocycles. The summed E-state index contributed by atoms with van der Waals surface area (Å²) in [4.78, 5) is 12.8. The first-order valence-corrected chi connectivity index (χ1v) is 6.01. The van der Waals surface area contributed by atoms with E-state index in [1.54, 1.807) is 23.9 Å². The minimum atomic E-state index is 0.0262. The van der Waals surface area contributed by atoms with Crippen LogP contribution in [0.3, 0.4) is 0 Å². The Balaban J connectivity index is 1.98. The monoisotopic (exact) mass is 232 g/mol. The Kier molecular flexibility index (Phi) is 3.47. The van der Waals surface area contributed by atoms with E-state index in [4.69, 9.17) is 4.42 Å². The molecular weight excluding hydrogens is 220 g/mol. The van der Waals surface area contributed by atoms with Crippen LogP contribution in [0.4, 0.5) is 0 Å². The molecule has 1 aromatic heterocycles. The fourth-order valence-electron chi connectivity index (χ4n) is 1.37. The summed E-state index contributed by atoms with van der Waals surface area (Å²) in [7, 11) is 0. The van der Waals surface area contributed by atoms with Crippen LogP contribution in [-0.4, -0.2) is 11.5 Å². The fourth-order valence-corrected chi connectivity index (χ4v) is 2.27. The minimum absolute atomic E-state index is 0.0262. The van der Waals surface area contributed by atoms with Gasteiger partial charge in [-0.2, -0.15) is 0 Å². The third-order valence-electron chi connectivity index (χ3n) is 2.25. The lowest BCUT2D eigenvalue weighted by atomic mass is 10.2. The Morgan fingerprint density at radius 3 is 2.75 bits per heavy atom. The molecule has 0 unspecified atom stereocenters. The topological polar surface area (TPSA) is 30.2 Å². The molecule has 0 amide bonds. The maximum Gasteiger partial charge on any atom is 0.208 e. The number of furan rings is 1. The van der Waals surface area contributed by atoms with Crippen molar-refractivity contribution >= 4 is 17.5 Å². The molecule has 0 atom stereocenters. The maximum absolute atomic E-state index is 11.7. The Morgan fingerprint density at radius 2 is 2.06 bits per heavy atom. The summed E-state index contributed by atoms with van der Waals surface area (Å²) < 4.78 is 5.05. The fraction of sp³-hybridized carbons (Fsp3) is 0.154. The molecule has 0 spiro atoms. The zero-order chi connectivity index (χ0) is 11.4. The highest BCUT2D eigenvalue weighted by atomic mass is 32.2. The highest BCUT2D eigenvalue weighted by Crippen LogP contribution is 2.22. The molecule has 0 aliphatic carbocycles. The highest BCUT2D eigenvalue weighted by molar-refractivity contribution is 8.00. The lowest BCUT2D eigenvalue weighted by molar-refractivity contribution is 0.0992. The van der Waals surface area contributed by atoms with Gasteiger partial charge in [0.15, 0.2) is 5.76 Å². The zero-order valence-corrected chi connectivity index (χ0v) is 9.79. The van der Waals surface area contributed by atoms with Crippen molar-refractivity contribution in [2.75, 3.05) is 5.75 Å². The molecule has 1 aromatic carbocycles. The van der Waals surface area contributed by atoms with Crippen molar-refractivity contribution in [1.29, 1.82) is 0 Å². The van der Waals surface area contributed by atoms with Gasteiger partial charge in [-0.25, -0.2) is 0 Å². The van der Waals surface area contributed by atoms with Gasteiger partial charge in [-0.15, -0.1) is 11.8 Å². The quantitative estimate of drug-likeness (QED) is 0.596. The molecule has 0 saturated carbocycles. The molecule has 0 bridgehead atoms. The Labute approximate surface area is 98.7 Å².